The molecule has 1 amide bonds. The number of carbonyl (C=O) groups is 1. The molecule has 1 aromatic carbocycles. The molecule has 1 aliphatic rings. The quantitative estimate of drug-likeness (QED) is 0.873. The van der Waals surface area contributed by atoms with Gasteiger partial charge in [0.1, 0.15) is 5.75 Å². The minimum atomic E-state index is -2.80. The molecule has 0 spiro atoms. The van der Waals surface area contributed by atoms with Crippen molar-refractivity contribution in [2.45, 2.75) is 51.3 Å². The van der Waals surface area contributed by atoms with E-state index < -0.39 is 6.61 Å². The molecule has 128 valence electrons. The predicted octanol–water partition coefficient (Wildman–Crippen LogP) is 3.12. The van der Waals surface area contributed by atoms with E-state index in [2.05, 4.69) is 10.1 Å². The van der Waals surface area contributed by atoms with Crippen molar-refractivity contribution in [3.8, 4) is 5.75 Å². The van der Waals surface area contributed by atoms with Crippen LogP contribution in [0.15, 0.2) is 18.2 Å². The van der Waals surface area contributed by atoms with Crippen molar-refractivity contribution in [2.24, 2.45) is 0 Å². The van der Waals surface area contributed by atoms with E-state index in [0.29, 0.717) is 6.42 Å². The van der Waals surface area contributed by atoms with Crippen LogP contribution in [0.4, 0.5) is 8.78 Å². The van der Waals surface area contributed by atoms with Crippen LogP contribution < -0.4 is 10.1 Å². The van der Waals surface area contributed by atoms with E-state index in [0.717, 1.165) is 30.4 Å². The highest BCUT2D eigenvalue weighted by atomic mass is 19.3. The highest BCUT2D eigenvalue weighted by Crippen LogP contribution is 2.33. The minimum Gasteiger partial charge on any atom is -0.435 e. The Hall–Kier alpha value is -1.69. The fourth-order valence-electron chi connectivity index (χ4n) is 2.99. The number of hydrogen-bond donors (Lipinski definition) is 1. The highest BCUT2D eigenvalue weighted by Gasteiger charge is 2.23. The van der Waals surface area contributed by atoms with Crippen LogP contribution in [0.2, 0.25) is 0 Å². The summed E-state index contributed by atoms with van der Waals surface area (Å²) in [5, 5.41) is 3.48. The van der Waals surface area contributed by atoms with Gasteiger partial charge in [-0.05, 0) is 49.4 Å². The molecule has 2 rings (SSSR count). The Bertz CT molecular complexity index is 549. The molecule has 1 aromatic rings. The molecular weight excluding hydrogens is 302 g/mol. The van der Waals surface area contributed by atoms with E-state index in [9.17, 15) is 13.6 Å². The Morgan fingerprint density at radius 2 is 2.17 bits per heavy atom. The Morgan fingerprint density at radius 3 is 2.83 bits per heavy atom. The lowest BCUT2D eigenvalue weighted by Gasteiger charge is -2.30. The third-order valence-corrected chi connectivity index (χ3v) is 4.12. The van der Waals surface area contributed by atoms with Gasteiger partial charge in [-0.1, -0.05) is 6.07 Å². The van der Waals surface area contributed by atoms with Gasteiger partial charge in [0.05, 0.1) is 0 Å². The Kier molecular flexibility index (Phi) is 5.93. The number of benzene rings is 1. The van der Waals surface area contributed by atoms with Crippen LogP contribution in [0.25, 0.3) is 0 Å². The van der Waals surface area contributed by atoms with Crippen LogP contribution >= 0.6 is 0 Å². The number of carbonyl (C=O) groups excluding carboxylic acids is 1. The fraction of sp³-hybridized carbons (Fsp3) is 0.588. The minimum absolute atomic E-state index is 0.0536. The van der Waals surface area contributed by atoms with Crippen molar-refractivity contribution < 1.29 is 18.3 Å². The maximum absolute atomic E-state index is 12.3. The zero-order valence-corrected chi connectivity index (χ0v) is 13.8. The standard InChI is InChI=1S/C17H24F2N2O2/c1-11(9-16(22)21(2)3)20-15-6-4-5-12-10-13(23-17(18)19)7-8-14(12)15/h7-8,10-11,15,17,20H,4-6,9H2,1-3H3/t11-,15-/m1/s1. The van der Waals surface area contributed by atoms with Crippen molar-refractivity contribution in [2.75, 3.05) is 14.1 Å². The van der Waals surface area contributed by atoms with E-state index in [-0.39, 0.29) is 23.7 Å². The van der Waals surface area contributed by atoms with Gasteiger partial charge >= 0.3 is 6.61 Å². The van der Waals surface area contributed by atoms with Crippen LogP contribution in [0.3, 0.4) is 0 Å². The lowest BCUT2D eigenvalue weighted by molar-refractivity contribution is -0.129. The van der Waals surface area contributed by atoms with Crippen LogP contribution in [-0.4, -0.2) is 37.6 Å². The average Bonchev–Trinajstić information content (AvgIpc) is 2.46. The summed E-state index contributed by atoms with van der Waals surface area (Å²) in [5.41, 5.74) is 2.15. The Morgan fingerprint density at radius 1 is 1.43 bits per heavy atom. The number of ether oxygens (including phenoxy) is 1. The zero-order valence-electron chi connectivity index (χ0n) is 13.8. The summed E-state index contributed by atoms with van der Waals surface area (Å²) in [7, 11) is 3.49. The number of nitrogens with one attached hydrogen (secondary N) is 1. The summed E-state index contributed by atoms with van der Waals surface area (Å²) in [6, 6.07) is 5.33. The van der Waals surface area contributed by atoms with E-state index in [1.54, 1.807) is 31.1 Å². The highest BCUT2D eigenvalue weighted by molar-refractivity contribution is 5.76. The summed E-state index contributed by atoms with van der Waals surface area (Å²) < 4.78 is 29.1. The van der Waals surface area contributed by atoms with Crippen molar-refractivity contribution in [1.29, 1.82) is 0 Å². The van der Waals surface area contributed by atoms with Crippen LogP contribution in [0.5, 0.6) is 5.75 Å². The fourth-order valence-corrected chi connectivity index (χ4v) is 2.99. The predicted molar refractivity (Wildman–Crippen MR) is 84.7 cm³/mol. The third kappa shape index (κ3) is 4.89. The SMILES string of the molecule is C[C@H](CC(=O)N(C)C)N[C@@H]1CCCc2cc(OC(F)F)ccc21. The van der Waals surface area contributed by atoms with Crippen LogP contribution in [-0.2, 0) is 11.2 Å². The van der Waals surface area contributed by atoms with Gasteiger partial charge in [0, 0.05) is 32.6 Å². The number of hydrogen-bond acceptors (Lipinski definition) is 3. The molecule has 0 unspecified atom stereocenters. The topological polar surface area (TPSA) is 41.6 Å². The van der Waals surface area contributed by atoms with Gasteiger partial charge in [-0.15, -0.1) is 0 Å². The molecular formula is C17H24F2N2O2. The monoisotopic (exact) mass is 326 g/mol. The molecule has 0 radical (unpaired) electrons. The molecule has 0 aromatic heterocycles. The van der Waals surface area contributed by atoms with Crippen LogP contribution in [0, 0.1) is 0 Å². The van der Waals surface area contributed by atoms with Gasteiger partial charge in [0.15, 0.2) is 0 Å². The van der Waals surface area contributed by atoms with E-state index in [1.807, 2.05) is 13.0 Å². The Balaban J connectivity index is 2.05. The summed E-state index contributed by atoms with van der Waals surface area (Å²) in [6.07, 6.45) is 3.25. The number of nitrogens with zero attached hydrogens (tertiary/aromatic N) is 1. The second-order valence-corrected chi connectivity index (χ2v) is 6.24. The normalized spacial score (nSPS) is 18.4. The van der Waals surface area contributed by atoms with Gasteiger partial charge in [0.25, 0.3) is 0 Å². The molecule has 1 aliphatic carbocycles. The molecule has 0 saturated carbocycles. The maximum atomic E-state index is 12.3. The molecule has 2 atom stereocenters. The molecule has 1 N–H and O–H groups in total. The van der Waals surface area contributed by atoms with Gasteiger partial charge < -0.3 is 15.0 Å². The van der Waals surface area contributed by atoms with E-state index >= 15 is 0 Å². The molecule has 0 fully saturated rings. The first-order valence-electron chi connectivity index (χ1n) is 7.90. The van der Waals surface area contributed by atoms with Gasteiger partial charge in [-0.3, -0.25) is 4.79 Å². The number of alkyl halides is 2. The van der Waals surface area contributed by atoms with E-state index in [4.69, 9.17) is 0 Å². The molecule has 0 bridgehead atoms. The second kappa shape index (κ2) is 7.73. The van der Waals surface area contributed by atoms with Gasteiger partial charge in [-0.25, -0.2) is 0 Å². The molecule has 0 heterocycles. The van der Waals surface area contributed by atoms with Crippen molar-refractivity contribution in [3.63, 3.8) is 0 Å². The lowest BCUT2D eigenvalue weighted by atomic mass is 9.87. The first-order valence-corrected chi connectivity index (χ1v) is 7.90. The largest absolute Gasteiger partial charge is 0.435 e. The summed E-state index contributed by atoms with van der Waals surface area (Å²) in [4.78, 5) is 13.4. The average molecular weight is 326 g/mol. The molecule has 0 saturated heterocycles. The summed E-state index contributed by atoms with van der Waals surface area (Å²) >= 11 is 0. The van der Waals surface area contributed by atoms with Crippen LogP contribution in [0.1, 0.15) is 43.4 Å². The van der Waals surface area contributed by atoms with Crippen molar-refractivity contribution in [1.82, 2.24) is 10.2 Å². The number of halogens is 2. The number of amides is 1. The third-order valence-electron chi connectivity index (χ3n) is 4.12. The number of rotatable bonds is 6. The summed E-state index contributed by atoms with van der Waals surface area (Å²) in [5.74, 6) is 0.289. The molecule has 6 heteroatoms. The van der Waals surface area contributed by atoms with Crippen molar-refractivity contribution >= 4 is 5.91 Å². The molecule has 4 nitrogen and oxygen atoms in total. The summed E-state index contributed by atoms with van der Waals surface area (Å²) in [6.45, 7) is -0.813. The maximum Gasteiger partial charge on any atom is 0.387 e. The first kappa shape index (κ1) is 17.7. The first-order chi connectivity index (χ1) is 10.9. The molecule has 0 aliphatic heterocycles. The number of aryl methyl sites for hydroxylation is 1. The second-order valence-electron chi connectivity index (χ2n) is 6.24. The molecule has 23 heavy (non-hydrogen) atoms. The zero-order chi connectivity index (χ0) is 17.0. The van der Waals surface area contributed by atoms with Gasteiger partial charge in [-0.2, -0.15) is 8.78 Å². The van der Waals surface area contributed by atoms with Crippen molar-refractivity contribution in [3.05, 3.63) is 29.3 Å². The smallest absolute Gasteiger partial charge is 0.387 e. The number of fused-ring (bicyclic) bond motifs is 1. The lowest BCUT2D eigenvalue weighted by Crippen LogP contribution is -2.36. The Labute approximate surface area is 135 Å². The van der Waals surface area contributed by atoms with E-state index in [1.165, 1.54) is 0 Å². The van der Waals surface area contributed by atoms with Gasteiger partial charge in [0.2, 0.25) is 5.91 Å².